The second-order valence-corrected chi connectivity index (χ2v) is 7.12. The molecule has 0 spiro atoms. The fraction of sp³-hybridized carbons (Fsp3) is 0.111. The van der Waals surface area contributed by atoms with E-state index in [0.717, 1.165) is 10.8 Å². The van der Waals surface area contributed by atoms with Gasteiger partial charge in [0.2, 0.25) is 10.0 Å². The minimum Gasteiger partial charge on any atom is -0.207 e. The van der Waals surface area contributed by atoms with Gasteiger partial charge < -0.3 is 0 Å². The first kappa shape index (κ1) is 15.6. The standard InChI is InChI=1S/C18H16FNO2S/c1-13(14-6-9-17(19)10-7-14)20-23(21,22)18-11-8-15-4-2-3-5-16(15)12-18/h2-13,20H,1H3. The Morgan fingerprint density at radius 2 is 1.57 bits per heavy atom. The van der Waals surface area contributed by atoms with Crippen LogP contribution in [0.1, 0.15) is 18.5 Å². The van der Waals surface area contributed by atoms with Crippen molar-refractivity contribution in [3.05, 3.63) is 78.1 Å². The summed E-state index contributed by atoms with van der Waals surface area (Å²) in [6.45, 7) is 1.73. The molecule has 3 rings (SSSR count). The molecule has 0 radical (unpaired) electrons. The van der Waals surface area contributed by atoms with Crippen LogP contribution in [0.3, 0.4) is 0 Å². The Balaban J connectivity index is 1.89. The monoisotopic (exact) mass is 329 g/mol. The van der Waals surface area contributed by atoms with Gasteiger partial charge in [0, 0.05) is 6.04 Å². The second kappa shape index (κ2) is 6.10. The lowest BCUT2D eigenvalue weighted by molar-refractivity contribution is 0.566. The molecule has 0 aliphatic carbocycles. The van der Waals surface area contributed by atoms with Gasteiger partial charge >= 0.3 is 0 Å². The van der Waals surface area contributed by atoms with Crippen molar-refractivity contribution in [3.63, 3.8) is 0 Å². The van der Waals surface area contributed by atoms with E-state index >= 15 is 0 Å². The van der Waals surface area contributed by atoms with Crippen LogP contribution in [0.2, 0.25) is 0 Å². The van der Waals surface area contributed by atoms with Crippen LogP contribution in [0.4, 0.5) is 4.39 Å². The van der Waals surface area contributed by atoms with E-state index in [-0.39, 0.29) is 10.7 Å². The molecule has 0 aliphatic heterocycles. The molecule has 1 unspecified atom stereocenters. The summed E-state index contributed by atoms with van der Waals surface area (Å²) in [6, 6.07) is 17.9. The number of halogens is 1. The molecular formula is C18H16FNO2S. The van der Waals surface area contributed by atoms with Crippen molar-refractivity contribution in [2.75, 3.05) is 0 Å². The van der Waals surface area contributed by atoms with Crippen LogP contribution in [-0.4, -0.2) is 8.42 Å². The SMILES string of the molecule is CC(NS(=O)(=O)c1ccc2ccccc2c1)c1ccc(F)cc1. The van der Waals surface area contributed by atoms with Gasteiger partial charge in [-0.1, -0.05) is 42.5 Å². The molecule has 0 aromatic heterocycles. The number of sulfonamides is 1. The highest BCUT2D eigenvalue weighted by Gasteiger charge is 2.18. The molecule has 3 aromatic carbocycles. The number of fused-ring (bicyclic) bond motifs is 1. The van der Waals surface area contributed by atoms with Crippen LogP contribution in [0, 0.1) is 5.82 Å². The Hall–Kier alpha value is -2.24. The second-order valence-electron chi connectivity index (χ2n) is 5.40. The molecule has 0 saturated heterocycles. The maximum Gasteiger partial charge on any atom is 0.241 e. The van der Waals surface area contributed by atoms with E-state index in [1.807, 2.05) is 24.3 Å². The average molecular weight is 329 g/mol. The Kier molecular flexibility index (Phi) is 4.15. The molecule has 118 valence electrons. The van der Waals surface area contributed by atoms with Crippen molar-refractivity contribution in [2.45, 2.75) is 17.9 Å². The van der Waals surface area contributed by atoms with E-state index in [1.54, 1.807) is 37.3 Å². The fourth-order valence-electron chi connectivity index (χ4n) is 2.45. The largest absolute Gasteiger partial charge is 0.241 e. The summed E-state index contributed by atoms with van der Waals surface area (Å²) < 4.78 is 40.7. The smallest absolute Gasteiger partial charge is 0.207 e. The summed E-state index contributed by atoms with van der Waals surface area (Å²) in [5.41, 5.74) is 0.704. The highest BCUT2D eigenvalue weighted by molar-refractivity contribution is 7.89. The van der Waals surface area contributed by atoms with Gasteiger partial charge in [-0.3, -0.25) is 0 Å². The first-order chi connectivity index (χ1) is 11.0. The number of rotatable bonds is 4. The summed E-state index contributed by atoms with van der Waals surface area (Å²) in [5.74, 6) is -0.349. The quantitative estimate of drug-likeness (QED) is 0.786. The van der Waals surface area contributed by atoms with Gasteiger partial charge in [0.05, 0.1) is 4.90 Å². The molecule has 0 amide bonds. The summed E-state index contributed by atoms with van der Waals surface area (Å²) in [6.07, 6.45) is 0. The van der Waals surface area contributed by atoms with Crippen molar-refractivity contribution in [2.24, 2.45) is 0 Å². The maximum absolute atomic E-state index is 13.0. The number of benzene rings is 3. The highest BCUT2D eigenvalue weighted by atomic mass is 32.2. The summed E-state index contributed by atoms with van der Waals surface area (Å²) in [5, 5.41) is 1.85. The number of nitrogens with one attached hydrogen (secondary N) is 1. The zero-order valence-corrected chi connectivity index (χ0v) is 13.3. The lowest BCUT2D eigenvalue weighted by Gasteiger charge is -2.15. The number of hydrogen-bond acceptors (Lipinski definition) is 2. The molecule has 0 saturated carbocycles. The molecule has 0 bridgehead atoms. The lowest BCUT2D eigenvalue weighted by Crippen LogP contribution is -2.26. The first-order valence-corrected chi connectivity index (χ1v) is 8.71. The third kappa shape index (κ3) is 3.41. The molecule has 3 aromatic rings. The average Bonchev–Trinajstić information content (AvgIpc) is 2.54. The first-order valence-electron chi connectivity index (χ1n) is 7.22. The molecule has 1 N–H and O–H groups in total. The summed E-state index contributed by atoms with van der Waals surface area (Å²) in [4.78, 5) is 0.213. The van der Waals surface area contributed by atoms with Crippen molar-refractivity contribution in [1.82, 2.24) is 4.72 Å². The van der Waals surface area contributed by atoms with Crippen LogP contribution in [0.25, 0.3) is 10.8 Å². The van der Waals surface area contributed by atoms with Crippen LogP contribution in [-0.2, 0) is 10.0 Å². The molecule has 0 aliphatic rings. The van der Waals surface area contributed by atoms with Crippen molar-refractivity contribution in [1.29, 1.82) is 0 Å². The molecule has 5 heteroatoms. The van der Waals surface area contributed by atoms with Gasteiger partial charge in [-0.25, -0.2) is 17.5 Å². The van der Waals surface area contributed by atoms with E-state index in [4.69, 9.17) is 0 Å². The van der Waals surface area contributed by atoms with E-state index in [1.165, 1.54) is 12.1 Å². The Morgan fingerprint density at radius 3 is 2.26 bits per heavy atom. The van der Waals surface area contributed by atoms with Gasteiger partial charge in [0.1, 0.15) is 5.82 Å². The molecule has 1 atom stereocenters. The Bertz CT molecular complexity index is 937. The molecule has 23 heavy (non-hydrogen) atoms. The minimum atomic E-state index is -3.65. The van der Waals surface area contributed by atoms with E-state index in [9.17, 15) is 12.8 Å². The van der Waals surface area contributed by atoms with E-state index in [2.05, 4.69) is 4.72 Å². The third-order valence-electron chi connectivity index (χ3n) is 3.73. The predicted octanol–water partition coefficient (Wildman–Crippen LogP) is 4.02. The van der Waals surface area contributed by atoms with E-state index < -0.39 is 16.1 Å². The molecular weight excluding hydrogens is 313 g/mol. The molecule has 0 fully saturated rings. The normalized spacial score (nSPS) is 13.1. The van der Waals surface area contributed by atoms with Crippen LogP contribution in [0.5, 0.6) is 0 Å². The third-order valence-corrected chi connectivity index (χ3v) is 5.27. The van der Waals surface area contributed by atoms with Gasteiger partial charge in [-0.2, -0.15) is 0 Å². The topological polar surface area (TPSA) is 46.2 Å². The van der Waals surface area contributed by atoms with Crippen molar-refractivity contribution in [3.8, 4) is 0 Å². The lowest BCUT2D eigenvalue weighted by atomic mass is 10.1. The Labute approximate surface area is 134 Å². The summed E-state index contributed by atoms with van der Waals surface area (Å²) in [7, 11) is -3.65. The zero-order chi connectivity index (χ0) is 16.4. The maximum atomic E-state index is 13.0. The zero-order valence-electron chi connectivity index (χ0n) is 12.5. The number of hydrogen-bond donors (Lipinski definition) is 1. The molecule has 3 nitrogen and oxygen atoms in total. The Morgan fingerprint density at radius 1 is 0.913 bits per heavy atom. The van der Waals surface area contributed by atoms with Gasteiger partial charge in [0.15, 0.2) is 0 Å². The molecule has 0 heterocycles. The van der Waals surface area contributed by atoms with Crippen LogP contribution in [0.15, 0.2) is 71.6 Å². The van der Waals surface area contributed by atoms with Crippen molar-refractivity contribution < 1.29 is 12.8 Å². The predicted molar refractivity (Wildman–Crippen MR) is 89.1 cm³/mol. The van der Waals surface area contributed by atoms with E-state index in [0.29, 0.717) is 5.56 Å². The fourth-order valence-corrected chi connectivity index (χ4v) is 3.72. The van der Waals surface area contributed by atoms with Gasteiger partial charge in [-0.05, 0) is 47.5 Å². The highest BCUT2D eigenvalue weighted by Crippen LogP contribution is 2.21. The van der Waals surface area contributed by atoms with Crippen molar-refractivity contribution >= 4 is 20.8 Å². The minimum absolute atomic E-state index is 0.213. The summed E-state index contributed by atoms with van der Waals surface area (Å²) >= 11 is 0. The van der Waals surface area contributed by atoms with Crippen LogP contribution >= 0.6 is 0 Å². The van der Waals surface area contributed by atoms with Gasteiger partial charge in [-0.15, -0.1) is 0 Å². The van der Waals surface area contributed by atoms with Crippen LogP contribution < -0.4 is 4.72 Å². The van der Waals surface area contributed by atoms with Gasteiger partial charge in [0.25, 0.3) is 0 Å².